The van der Waals surface area contributed by atoms with Gasteiger partial charge in [0, 0.05) is 27.6 Å². The second-order valence-electron chi connectivity index (χ2n) is 10.7. The van der Waals surface area contributed by atoms with Crippen LogP contribution >= 0.6 is 0 Å². The van der Waals surface area contributed by atoms with E-state index in [-0.39, 0.29) is 10.9 Å². The lowest BCUT2D eigenvalue weighted by Crippen LogP contribution is -1.92. The van der Waals surface area contributed by atoms with Gasteiger partial charge in [-0.3, -0.25) is 0 Å². The summed E-state index contributed by atoms with van der Waals surface area (Å²) in [6.07, 6.45) is 0. The summed E-state index contributed by atoms with van der Waals surface area (Å²) >= 11 is 0. The van der Waals surface area contributed by atoms with Crippen LogP contribution in [0.25, 0.3) is 98.8 Å². The van der Waals surface area contributed by atoms with E-state index < -0.39 is 251 Å². The number of para-hydroxylation sites is 1. The average molecular weight is 650 g/mol. The molecule has 0 aliphatic heterocycles. The van der Waals surface area contributed by atoms with Crippen LogP contribution in [0.5, 0.6) is 0 Å². The number of fused-ring (bicyclic) bond motifs is 6. The van der Waals surface area contributed by atoms with Crippen LogP contribution in [0.15, 0.2) is 186 Å². The van der Waals surface area contributed by atoms with E-state index in [0.29, 0.717) is 0 Å². The minimum atomic E-state index is -0.970. The average Bonchev–Trinajstić information content (AvgIpc) is 3.92. The van der Waals surface area contributed by atoms with Gasteiger partial charge in [0.1, 0.15) is 11.3 Å². The first-order valence-corrected chi connectivity index (χ1v) is 14.7. The summed E-state index contributed by atoms with van der Waals surface area (Å²) in [4.78, 5) is 0. The molecule has 0 aliphatic carbocycles. The maximum Gasteiger partial charge on any atom is 0.143 e. The van der Waals surface area contributed by atoms with Gasteiger partial charge >= 0.3 is 0 Å². The zero-order valence-corrected chi connectivity index (χ0v) is 24.6. The van der Waals surface area contributed by atoms with Crippen molar-refractivity contribution in [3.05, 3.63) is 181 Å². The first kappa shape index (κ1) is 11.9. The van der Waals surface area contributed by atoms with Gasteiger partial charge in [-0.05, 0) is 65.8 Å². The van der Waals surface area contributed by atoms with Crippen molar-refractivity contribution in [2.75, 3.05) is 0 Å². The van der Waals surface area contributed by atoms with Gasteiger partial charge in [-0.25, -0.2) is 0 Å². The largest absolute Gasteiger partial charge is 0.455 e. The Labute approximate surface area is 322 Å². The van der Waals surface area contributed by atoms with Crippen molar-refractivity contribution < 1.29 is 41.4 Å². The topological polar surface area (TPSA) is 13.1 Å². The Morgan fingerprint density at radius 3 is 1.53 bits per heavy atom. The van der Waals surface area contributed by atoms with Crippen LogP contribution in [-0.4, -0.2) is 0 Å². The lowest BCUT2D eigenvalue weighted by atomic mass is 9.84. The van der Waals surface area contributed by atoms with Crippen LogP contribution < -0.4 is 0 Å². The molecule has 10 aromatic rings. The molecule has 0 spiro atoms. The van der Waals surface area contributed by atoms with Crippen molar-refractivity contribution in [2.24, 2.45) is 0 Å². The Morgan fingerprint density at radius 1 is 0.367 bits per heavy atom. The summed E-state index contributed by atoms with van der Waals surface area (Å²) in [6, 6.07) is -20.2. The molecule has 0 fully saturated rings. The smallest absolute Gasteiger partial charge is 0.143 e. The molecule has 0 amide bonds. The van der Waals surface area contributed by atoms with Crippen LogP contribution in [0.3, 0.4) is 0 Å². The fraction of sp³-hybridized carbons (Fsp3) is 0. The normalized spacial score (nSPS) is 19.4. The Hall–Kier alpha value is -6.44. The predicted octanol–water partition coefficient (Wildman–Crippen LogP) is 13.7. The van der Waals surface area contributed by atoms with Crippen molar-refractivity contribution in [1.29, 1.82) is 0 Å². The third-order valence-electron chi connectivity index (χ3n) is 8.21. The molecule has 1 aromatic heterocycles. The van der Waals surface area contributed by atoms with E-state index in [1.165, 1.54) is 18.2 Å². The fourth-order valence-electron chi connectivity index (χ4n) is 6.26. The van der Waals surface area contributed by atoms with E-state index in [2.05, 4.69) is 0 Å². The highest BCUT2D eigenvalue weighted by Crippen LogP contribution is 2.52. The second kappa shape index (κ2) is 11.1. The van der Waals surface area contributed by atoms with Crippen molar-refractivity contribution in [3.8, 4) is 44.7 Å². The van der Waals surface area contributed by atoms with Crippen LogP contribution in [0.2, 0.25) is 0 Å². The molecular formula is C48H30O. The molecule has 0 radical (unpaired) electrons. The lowest BCUT2D eigenvalue weighted by Gasteiger charge is -2.18. The highest BCUT2D eigenvalue weighted by atomic mass is 16.3. The first-order chi connectivity index (χ1) is 35.6. The number of hydrogen-bond acceptors (Lipinski definition) is 1. The molecule has 10 rings (SSSR count). The Balaban J connectivity index is 1.62. The molecule has 9 aromatic carbocycles. The van der Waals surface area contributed by atoms with Crippen molar-refractivity contribution in [2.45, 2.75) is 0 Å². The third-order valence-corrected chi connectivity index (χ3v) is 8.21. The quantitative estimate of drug-likeness (QED) is 0.137. The van der Waals surface area contributed by atoms with E-state index in [4.69, 9.17) is 31.8 Å². The SMILES string of the molecule is [2H]c1c([2H])c([2H])c(-c2cccc3c(-c4c5c([2H])c([2H])c([2H])c([2H])c5c(-c5c([2H])c([2H])c([2H])c([2H])c5[2H])c5c([2H])c([2H])c([2H])c([2H])c45)c(-c4c([2H])c5c([2H])c([2H])c([2H])c([2H])c5c5c([2H])c([2H])c([2H])c([2H])c45)oc23)c([2H])c1[2H]. The van der Waals surface area contributed by atoms with Crippen molar-refractivity contribution >= 4 is 54.1 Å². The molecule has 0 saturated carbocycles. The van der Waals surface area contributed by atoms with Gasteiger partial charge in [-0.15, -0.1) is 0 Å². The van der Waals surface area contributed by atoms with Crippen LogP contribution in [0.4, 0.5) is 0 Å². The zero-order valence-electron chi connectivity index (χ0n) is 51.6. The second-order valence-corrected chi connectivity index (χ2v) is 10.7. The molecule has 228 valence electrons. The maximum atomic E-state index is 9.98. The van der Waals surface area contributed by atoms with Crippen LogP contribution in [0.1, 0.15) is 37.0 Å². The van der Waals surface area contributed by atoms with Gasteiger partial charge in [0.15, 0.2) is 0 Å². The monoisotopic (exact) mass is 649 g/mol. The molecule has 0 N–H and O–H groups in total. The number of hydrogen-bond donors (Lipinski definition) is 0. The summed E-state index contributed by atoms with van der Waals surface area (Å²) in [5.74, 6) is -0.734. The van der Waals surface area contributed by atoms with Crippen LogP contribution in [-0.2, 0) is 0 Å². The first-order valence-electron chi connectivity index (χ1n) is 28.2. The van der Waals surface area contributed by atoms with E-state index in [9.17, 15) is 9.60 Å². The van der Waals surface area contributed by atoms with Gasteiger partial charge in [0.05, 0.1) is 37.0 Å². The van der Waals surface area contributed by atoms with Gasteiger partial charge in [-0.2, -0.15) is 0 Å². The molecule has 0 bridgehead atoms. The lowest BCUT2D eigenvalue weighted by molar-refractivity contribution is 0.634. The molecule has 0 unspecified atom stereocenters. The highest BCUT2D eigenvalue weighted by molar-refractivity contribution is 6.26. The van der Waals surface area contributed by atoms with Gasteiger partial charge in [0.2, 0.25) is 0 Å². The minimum Gasteiger partial charge on any atom is -0.455 e. The van der Waals surface area contributed by atoms with Crippen LogP contribution in [0, 0.1) is 0 Å². The van der Waals surface area contributed by atoms with Crippen molar-refractivity contribution in [1.82, 2.24) is 0 Å². The summed E-state index contributed by atoms with van der Waals surface area (Å²) in [6.45, 7) is 0. The standard InChI is InChI=1S/C48H30O/c1-3-16-31(17-4-1)35-28-15-29-42-46(48(49-47(35)42)43-30-33-20-7-8-21-34(33)36-22-9-10-23-37(36)43)45-40-26-13-11-24-38(40)44(32-18-5-2-6-19-32)39-25-12-14-27-41(39)45/h1-30H/i1D,2D,3D,4D,5D,6D,7D,8D,9D,10D,11D,12D,13D,14D,16D,17D,18D,19D,20D,21D,22D,23D,24D,25D,26D,27D,30D. The number of benzene rings is 9. The Bertz CT molecular complexity index is 4290. The molecule has 1 heteroatoms. The maximum absolute atomic E-state index is 9.98. The molecule has 0 aliphatic rings. The molecular weight excluding hydrogens is 593 g/mol. The third kappa shape index (κ3) is 4.26. The summed E-state index contributed by atoms with van der Waals surface area (Å²) in [5.41, 5.74) is -4.43. The fourth-order valence-corrected chi connectivity index (χ4v) is 6.26. The molecule has 0 saturated heterocycles. The zero-order chi connectivity index (χ0) is 55.8. The number of furan rings is 1. The van der Waals surface area contributed by atoms with E-state index in [1.54, 1.807) is 0 Å². The van der Waals surface area contributed by atoms with Gasteiger partial charge in [-0.1, -0.05) is 175 Å². The molecule has 1 heterocycles. The Kier molecular flexibility index (Phi) is 2.69. The number of rotatable bonds is 4. The highest BCUT2D eigenvalue weighted by Gasteiger charge is 2.26. The molecule has 1 nitrogen and oxygen atoms in total. The Morgan fingerprint density at radius 2 is 0.878 bits per heavy atom. The summed E-state index contributed by atoms with van der Waals surface area (Å²) in [7, 11) is 0. The summed E-state index contributed by atoms with van der Waals surface area (Å²) in [5, 5.41) is -5.27. The minimum absolute atomic E-state index is 0.263. The van der Waals surface area contributed by atoms with Gasteiger partial charge < -0.3 is 4.42 Å². The van der Waals surface area contributed by atoms with E-state index >= 15 is 0 Å². The van der Waals surface area contributed by atoms with Crippen molar-refractivity contribution in [3.63, 3.8) is 0 Å². The molecule has 0 atom stereocenters. The molecule has 49 heavy (non-hydrogen) atoms. The van der Waals surface area contributed by atoms with Gasteiger partial charge in [0.25, 0.3) is 0 Å². The predicted molar refractivity (Wildman–Crippen MR) is 208 cm³/mol. The summed E-state index contributed by atoms with van der Waals surface area (Å²) < 4.78 is 250. The van der Waals surface area contributed by atoms with E-state index in [0.717, 1.165) is 0 Å². The van der Waals surface area contributed by atoms with E-state index in [1.807, 2.05) is 0 Å².